The molecule has 0 amide bonds. The minimum Gasteiger partial charge on any atom is -0.486 e. The first kappa shape index (κ1) is 19.8. The molecule has 0 unspecified atom stereocenters. The van der Waals surface area contributed by atoms with Crippen LogP contribution in [-0.4, -0.2) is 36.0 Å². The summed E-state index contributed by atoms with van der Waals surface area (Å²) < 4.78 is 18.9. The van der Waals surface area contributed by atoms with E-state index in [9.17, 15) is 9.59 Å². The standard InChI is InChI=1S/C24H23NO5/c1-15-12-21(22(27)14-30-20-7-4-18(5-8-20)17(3)26)16(2)25(15)19-6-9-23-24(13-19)29-11-10-28-23/h4-9,12-13H,10-11,14H2,1-3H3. The number of ether oxygens (including phenoxy) is 3. The number of hydrogen-bond acceptors (Lipinski definition) is 5. The number of fused-ring (bicyclic) bond motifs is 1. The van der Waals surface area contributed by atoms with Gasteiger partial charge in [-0.25, -0.2) is 0 Å². The zero-order valence-electron chi connectivity index (χ0n) is 17.2. The number of hydrogen-bond donors (Lipinski definition) is 0. The monoisotopic (exact) mass is 405 g/mol. The van der Waals surface area contributed by atoms with Crippen molar-refractivity contribution in [1.29, 1.82) is 0 Å². The molecule has 6 nitrogen and oxygen atoms in total. The number of Topliss-reactive ketones (excluding diaryl/α,β-unsaturated/α-hetero) is 2. The fraction of sp³-hybridized carbons (Fsp3) is 0.250. The smallest absolute Gasteiger partial charge is 0.202 e. The lowest BCUT2D eigenvalue weighted by Gasteiger charge is -2.20. The highest BCUT2D eigenvalue weighted by molar-refractivity contribution is 5.99. The Morgan fingerprint density at radius 3 is 2.37 bits per heavy atom. The first-order chi connectivity index (χ1) is 14.4. The van der Waals surface area contributed by atoms with Crippen molar-refractivity contribution < 1.29 is 23.8 Å². The molecule has 2 heterocycles. The number of carbonyl (C=O) groups is 2. The van der Waals surface area contributed by atoms with Gasteiger partial charge in [-0.1, -0.05) is 0 Å². The van der Waals surface area contributed by atoms with E-state index in [2.05, 4.69) is 0 Å². The summed E-state index contributed by atoms with van der Waals surface area (Å²) in [6, 6.07) is 14.4. The van der Waals surface area contributed by atoms with Gasteiger partial charge in [0.2, 0.25) is 5.78 Å². The highest BCUT2D eigenvalue weighted by Crippen LogP contribution is 2.33. The average Bonchev–Trinajstić information content (AvgIpc) is 3.06. The maximum Gasteiger partial charge on any atom is 0.202 e. The number of carbonyl (C=O) groups excluding carboxylic acids is 2. The summed E-state index contributed by atoms with van der Waals surface area (Å²) in [6.45, 7) is 6.38. The van der Waals surface area contributed by atoms with E-state index in [-0.39, 0.29) is 18.2 Å². The van der Waals surface area contributed by atoms with Gasteiger partial charge in [-0.05, 0) is 63.2 Å². The fourth-order valence-electron chi connectivity index (χ4n) is 3.63. The van der Waals surface area contributed by atoms with E-state index >= 15 is 0 Å². The molecule has 6 heteroatoms. The molecule has 0 bridgehead atoms. The number of ketones is 2. The Hall–Kier alpha value is -3.54. The molecule has 1 aliphatic rings. The first-order valence-corrected chi connectivity index (χ1v) is 9.80. The van der Waals surface area contributed by atoms with Crippen LogP contribution in [0.3, 0.4) is 0 Å². The summed E-state index contributed by atoms with van der Waals surface area (Å²) in [5, 5.41) is 0. The zero-order chi connectivity index (χ0) is 21.3. The third-order valence-electron chi connectivity index (χ3n) is 5.15. The van der Waals surface area contributed by atoms with Crippen LogP contribution in [0.1, 0.15) is 39.0 Å². The van der Waals surface area contributed by atoms with E-state index in [0.29, 0.717) is 35.8 Å². The number of aromatic nitrogens is 1. The first-order valence-electron chi connectivity index (χ1n) is 9.80. The van der Waals surface area contributed by atoms with E-state index in [1.165, 1.54) is 6.92 Å². The van der Waals surface area contributed by atoms with Crippen LogP contribution in [0.5, 0.6) is 17.2 Å². The third kappa shape index (κ3) is 3.81. The number of benzene rings is 2. The molecule has 30 heavy (non-hydrogen) atoms. The van der Waals surface area contributed by atoms with Crippen LogP contribution in [0.4, 0.5) is 0 Å². The van der Waals surface area contributed by atoms with E-state index in [1.807, 2.05) is 42.7 Å². The van der Waals surface area contributed by atoms with Gasteiger partial charge in [-0.15, -0.1) is 0 Å². The molecule has 0 spiro atoms. The van der Waals surface area contributed by atoms with Crippen LogP contribution in [0.2, 0.25) is 0 Å². The minimum absolute atomic E-state index is 0.00999. The molecule has 0 saturated heterocycles. The second-order valence-electron chi connectivity index (χ2n) is 7.24. The molecule has 0 aliphatic carbocycles. The van der Waals surface area contributed by atoms with E-state index in [4.69, 9.17) is 14.2 Å². The topological polar surface area (TPSA) is 66.8 Å². The van der Waals surface area contributed by atoms with Gasteiger partial charge in [-0.2, -0.15) is 0 Å². The summed E-state index contributed by atoms with van der Waals surface area (Å²) in [6.07, 6.45) is 0. The zero-order valence-corrected chi connectivity index (χ0v) is 17.2. The predicted molar refractivity (Wildman–Crippen MR) is 113 cm³/mol. The Labute approximate surface area is 175 Å². The molecular weight excluding hydrogens is 382 g/mol. The summed E-state index contributed by atoms with van der Waals surface area (Å²) in [7, 11) is 0. The average molecular weight is 405 g/mol. The van der Waals surface area contributed by atoms with Crippen molar-refractivity contribution in [3.05, 3.63) is 71.0 Å². The van der Waals surface area contributed by atoms with E-state index in [1.54, 1.807) is 24.3 Å². The third-order valence-corrected chi connectivity index (χ3v) is 5.15. The van der Waals surface area contributed by atoms with E-state index in [0.717, 1.165) is 22.8 Å². The SMILES string of the molecule is CC(=O)c1ccc(OCC(=O)c2cc(C)n(-c3ccc4c(c3)OCCO4)c2C)cc1. The summed E-state index contributed by atoms with van der Waals surface area (Å²) >= 11 is 0. The molecule has 2 aromatic carbocycles. The van der Waals surface area contributed by atoms with Crippen LogP contribution < -0.4 is 14.2 Å². The second-order valence-corrected chi connectivity index (χ2v) is 7.24. The van der Waals surface area contributed by atoms with Gasteiger partial charge < -0.3 is 18.8 Å². The molecule has 1 aromatic heterocycles. The molecule has 154 valence electrons. The minimum atomic E-state index is -0.109. The van der Waals surface area contributed by atoms with Crippen molar-refractivity contribution in [1.82, 2.24) is 4.57 Å². The molecule has 0 radical (unpaired) electrons. The molecule has 0 atom stereocenters. The van der Waals surface area contributed by atoms with Crippen LogP contribution >= 0.6 is 0 Å². The van der Waals surface area contributed by atoms with Crippen LogP contribution in [-0.2, 0) is 0 Å². The van der Waals surface area contributed by atoms with Gasteiger partial charge in [0.15, 0.2) is 23.9 Å². The lowest BCUT2D eigenvalue weighted by Crippen LogP contribution is -2.15. The lowest BCUT2D eigenvalue weighted by molar-refractivity contribution is 0.0919. The van der Waals surface area contributed by atoms with Crippen LogP contribution in [0.15, 0.2) is 48.5 Å². The number of aryl methyl sites for hydroxylation is 1. The lowest BCUT2D eigenvalue weighted by atomic mass is 10.1. The van der Waals surface area contributed by atoms with Gasteiger partial charge in [0.05, 0.1) is 0 Å². The maximum atomic E-state index is 12.8. The van der Waals surface area contributed by atoms with Gasteiger partial charge in [0, 0.05) is 34.3 Å². The van der Waals surface area contributed by atoms with Crippen molar-refractivity contribution in [2.75, 3.05) is 19.8 Å². The van der Waals surface area contributed by atoms with Crippen molar-refractivity contribution in [2.45, 2.75) is 20.8 Å². The summed E-state index contributed by atoms with van der Waals surface area (Å²) in [5.41, 5.74) is 3.91. The van der Waals surface area contributed by atoms with Crippen LogP contribution in [0.25, 0.3) is 5.69 Å². The Kier molecular flexibility index (Phi) is 5.31. The molecule has 1 aliphatic heterocycles. The van der Waals surface area contributed by atoms with Crippen molar-refractivity contribution in [2.24, 2.45) is 0 Å². The van der Waals surface area contributed by atoms with Crippen molar-refractivity contribution in [3.63, 3.8) is 0 Å². The number of nitrogens with zero attached hydrogens (tertiary/aromatic N) is 1. The van der Waals surface area contributed by atoms with Crippen molar-refractivity contribution in [3.8, 4) is 22.9 Å². The Bertz CT molecular complexity index is 1110. The summed E-state index contributed by atoms with van der Waals surface area (Å²) in [5.74, 6) is 1.87. The Morgan fingerprint density at radius 2 is 1.67 bits per heavy atom. The van der Waals surface area contributed by atoms with Crippen LogP contribution in [0, 0.1) is 13.8 Å². The van der Waals surface area contributed by atoms with E-state index < -0.39 is 0 Å². The summed E-state index contributed by atoms with van der Waals surface area (Å²) in [4.78, 5) is 24.2. The second kappa shape index (κ2) is 8.06. The predicted octanol–water partition coefficient (Wildman–Crippen LogP) is 4.33. The van der Waals surface area contributed by atoms with Gasteiger partial charge >= 0.3 is 0 Å². The molecule has 4 rings (SSSR count). The normalized spacial score (nSPS) is 12.5. The molecular formula is C24H23NO5. The molecule has 0 N–H and O–H groups in total. The highest BCUT2D eigenvalue weighted by atomic mass is 16.6. The fourth-order valence-corrected chi connectivity index (χ4v) is 3.63. The molecule has 3 aromatic rings. The molecule has 0 fully saturated rings. The highest BCUT2D eigenvalue weighted by Gasteiger charge is 2.19. The Balaban J connectivity index is 1.53. The Morgan fingerprint density at radius 1 is 0.967 bits per heavy atom. The van der Waals surface area contributed by atoms with Gasteiger partial charge in [-0.3, -0.25) is 9.59 Å². The van der Waals surface area contributed by atoms with Crippen molar-refractivity contribution >= 4 is 11.6 Å². The maximum absolute atomic E-state index is 12.8. The largest absolute Gasteiger partial charge is 0.486 e. The quantitative estimate of drug-likeness (QED) is 0.571. The van der Waals surface area contributed by atoms with Gasteiger partial charge in [0.25, 0.3) is 0 Å². The number of rotatable bonds is 6. The van der Waals surface area contributed by atoms with Gasteiger partial charge in [0.1, 0.15) is 19.0 Å². The molecule has 0 saturated carbocycles.